The number of halogens is 4. The van der Waals surface area contributed by atoms with Gasteiger partial charge in [-0.15, -0.1) is 0 Å². The van der Waals surface area contributed by atoms with Gasteiger partial charge in [-0.2, -0.15) is 0 Å². The Kier molecular flexibility index (Phi) is 10.4. The van der Waals surface area contributed by atoms with Crippen LogP contribution in [0, 0.1) is 0 Å². The van der Waals surface area contributed by atoms with Gasteiger partial charge < -0.3 is 31.5 Å². The van der Waals surface area contributed by atoms with Crippen molar-refractivity contribution in [1.82, 2.24) is 0 Å². The van der Waals surface area contributed by atoms with E-state index in [1.54, 1.807) is 0 Å². The van der Waals surface area contributed by atoms with E-state index in [0.717, 1.165) is 51.0 Å². The van der Waals surface area contributed by atoms with Crippen molar-refractivity contribution in [2.75, 3.05) is 0 Å². The summed E-state index contributed by atoms with van der Waals surface area (Å²) in [6.07, 6.45) is 0. The van der Waals surface area contributed by atoms with Crippen molar-refractivity contribution < 1.29 is 35.9 Å². The molecule has 4 rings (SSSR count). The average molecular weight is 613 g/mol. The van der Waals surface area contributed by atoms with Crippen molar-refractivity contribution >= 4 is 7.25 Å². The van der Waals surface area contributed by atoms with Gasteiger partial charge in [0.25, 0.3) is 0 Å². The van der Waals surface area contributed by atoms with Crippen molar-refractivity contribution in [2.24, 2.45) is 0 Å². The van der Waals surface area contributed by atoms with Crippen LogP contribution < -0.4 is 14.2 Å². The molecule has 0 amide bonds. The Bertz CT molecular complexity index is 1300. The van der Waals surface area contributed by atoms with Gasteiger partial charge in [0.2, 0.25) is 0 Å². The first-order valence-electron chi connectivity index (χ1n) is 14.4. The minimum absolute atomic E-state index is 0.251. The highest BCUT2D eigenvalue weighted by Crippen LogP contribution is 2.35. The number of rotatable bonds is 6. The van der Waals surface area contributed by atoms with E-state index in [4.69, 9.17) is 18.6 Å². The SMILES string of the molecule is CC(C)(C)Oc1ccc(-c2cc(-c3ccc(OC(C)(C)C)cc3)[o+]c(-c3ccc(OC(C)(C)C)cc3)c2)cc1.F[B-](F)(F)F. The lowest BCUT2D eigenvalue weighted by Gasteiger charge is -2.21. The number of hydrogen-bond donors (Lipinski definition) is 0. The molecule has 0 saturated heterocycles. The van der Waals surface area contributed by atoms with Gasteiger partial charge in [0.05, 0.1) is 23.3 Å². The molecule has 1 aromatic heterocycles. The molecule has 9 heteroatoms. The summed E-state index contributed by atoms with van der Waals surface area (Å²) in [4.78, 5) is 0. The predicted octanol–water partition coefficient (Wildman–Crippen LogP) is 11.4. The summed E-state index contributed by atoms with van der Waals surface area (Å²) in [6.45, 7) is 18.4. The van der Waals surface area contributed by atoms with Crippen LogP contribution in [0.4, 0.5) is 17.3 Å². The summed E-state index contributed by atoms with van der Waals surface area (Å²) >= 11 is 0. The van der Waals surface area contributed by atoms with Gasteiger partial charge in [0.15, 0.2) is 0 Å². The molecule has 44 heavy (non-hydrogen) atoms. The lowest BCUT2D eigenvalue weighted by molar-refractivity contribution is 0.130. The van der Waals surface area contributed by atoms with Gasteiger partial charge in [0, 0.05) is 5.56 Å². The highest BCUT2D eigenvalue weighted by molar-refractivity contribution is 6.50. The van der Waals surface area contributed by atoms with Crippen LogP contribution in [0.1, 0.15) is 62.3 Å². The van der Waals surface area contributed by atoms with Crippen LogP contribution in [-0.2, 0) is 0 Å². The van der Waals surface area contributed by atoms with Crippen LogP contribution in [0.2, 0.25) is 0 Å². The molecule has 0 aliphatic rings. The third-order valence-electron chi connectivity index (χ3n) is 5.53. The van der Waals surface area contributed by atoms with Crippen molar-refractivity contribution in [3.05, 3.63) is 84.9 Å². The standard InChI is InChI=1S/C35H41O4.BF4/c1-33(2,3)37-28-16-10-24(11-17-28)27-22-31(25-12-18-29(19-13-25)38-34(4,5)6)36-32(23-27)26-14-20-30(21-15-26)39-35(7,8)9;2-1(3,4)5/h10-23H,1-9H3;/q+1;-1. The van der Waals surface area contributed by atoms with E-state index in [2.05, 4.69) is 24.3 Å². The monoisotopic (exact) mass is 612 g/mol. The fourth-order valence-electron chi connectivity index (χ4n) is 4.10. The first-order chi connectivity index (χ1) is 20.1. The Labute approximate surface area is 258 Å². The largest absolute Gasteiger partial charge is 0.673 e. The molecule has 3 aromatic carbocycles. The zero-order valence-corrected chi connectivity index (χ0v) is 26.8. The zero-order valence-electron chi connectivity index (χ0n) is 26.8. The van der Waals surface area contributed by atoms with Crippen LogP contribution in [-0.4, -0.2) is 24.1 Å². The van der Waals surface area contributed by atoms with E-state index in [1.807, 2.05) is 123 Å². The van der Waals surface area contributed by atoms with Crippen LogP contribution in [0.15, 0.2) is 89.3 Å². The lowest BCUT2D eigenvalue weighted by Crippen LogP contribution is -2.22. The predicted molar refractivity (Wildman–Crippen MR) is 171 cm³/mol. The normalized spacial score (nSPS) is 12.2. The molecule has 0 atom stereocenters. The van der Waals surface area contributed by atoms with Crippen LogP contribution in [0.25, 0.3) is 33.8 Å². The van der Waals surface area contributed by atoms with Gasteiger partial charge in [-0.1, -0.05) is 12.1 Å². The Morgan fingerprint density at radius 3 is 0.932 bits per heavy atom. The molecule has 4 nitrogen and oxygen atoms in total. The van der Waals surface area contributed by atoms with E-state index in [-0.39, 0.29) is 16.8 Å². The zero-order chi connectivity index (χ0) is 32.9. The van der Waals surface area contributed by atoms with Crippen molar-refractivity contribution in [1.29, 1.82) is 0 Å². The number of ether oxygens (including phenoxy) is 3. The van der Waals surface area contributed by atoms with Gasteiger partial charge in [-0.25, -0.2) is 4.42 Å². The summed E-state index contributed by atoms with van der Waals surface area (Å²) in [5.41, 5.74) is 3.31. The quantitative estimate of drug-likeness (QED) is 0.123. The third kappa shape index (κ3) is 12.3. The molecule has 0 aliphatic heterocycles. The molecule has 0 bridgehead atoms. The summed E-state index contributed by atoms with van der Waals surface area (Å²) < 4.78 is 63.5. The van der Waals surface area contributed by atoms with E-state index in [1.165, 1.54) is 0 Å². The fraction of sp³-hybridized carbons (Fsp3) is 0.343. The van der Waals surface area contributed by atoms with E-state index < -0.39 is 7.25 Å². The molecule has 0 radical (unpaired) electrons. The van der Waals surface area contributed by atoms with E-state index in [0.29, 0.717) is 0 Å². The second-order valence-electron chi connectivity index (χ2n) is 13.3. The highest BCUT2D eigenvalue weighted by Gasteiger charge is 2.23. The molecule has 0 unspecified atom stereocenters. The van der Waals surface area contributed by atoms with Crippen molar-refractivity contribution in [3.8, 4) is 51.0 Å². The Morgan fingerprint density at radius 1 is 0.432 bits per heavy atom. The first kappa shape index (κ1) is 34.5. The minimum atomic E-state index is -6.00. The molecule has 4 aromatic rings. The number of benzene rings is 3. The molecule has 0 N–H and O–H groups in total. The maximum Gasteiger partial charge on any atom is 0.673 e. The first-order valence-corrected chi connectivity index (χ1v) is 14.4. The Hall–Kier alpha value is -4.01. The molecule has 236 valence electrons. The highest BCUT2D eigenvalue weighted by atomic mass is 19.5. The smallest absolute Gasteiger partial charge is 0.488 e. The Morgan fingerprint density at radius 2 is 0.682 bits per heavy atom. The van der Waals surface area contributed by atoms with Gasteiger partial charge in [0.1, 0.15) is 34.1 Å². The molecular formula is C35H41BF4O4. The second kappa shape index (κ2) is 13.3. The number of hydrogen-bond acceptors (Lipinski definition) is 3. The summed E-state index contributed by atoms with van der Waals surface area (Å²) in [6, 6.07) is 28.5. The minimum Gasteiger partial charge on any atom is -0.488 e. The Balaban J connectivity index is 0.000000978. The van der Waals surface area contributed by atoms with Gasteiger partial charge in [-0.05, 0) is 129 Å². The molecule has 0 spiro atoms. The fourth-order valence-corrected chi connectivity index (χ4v) is 4.10. The van der Waals surface area contributed by atoms with E-state index >= 15 is 0 Å². The maximum absolute atomic E-state index is 9.75. The molecular weight excluding hydrogens is 571 g/mol. The summed E-state index contributed by atoms with van der Waals surface area (Å²) in [5, 5.41) is 0. The summed E-state index contributed by atoms with van der Waals surface area (Å²) in [5.74, 6) is 4.04. The van der Waals surface area contributed by atoms with Crippen LogP contribution in [0.5, 0.6) is 17.2 Å². The van der Waals surface area contributed by atoms with Crippen LogP contribution in [0.3, 0.4) is 0 Å². The average Bonchev–Trinajstić information content (AvgIpc) is 2.86. The maximum atomic E-state index is 9.75. The third-order valence-corrected chi connectivity index (χ3v) is 5.53. The van der Waals surface area contributed by atoms with Gasteiger partial charge in [-0.3, -0.25) is 0 Å². The second-order valence-corrected chi connectivity index (χ2v) is 13.3. The molecule has 0 fully saturated rings. The van der Waals surface area contributed by atoms with E-state index in [9.17, 15) is 17.3 Å². The van der Waals surface area contributed by atoms with Crippen LogP contribution >= 0.6 is 0 Å². The van der Waals surface area contributed by atoms with Crippen molar-refractivity contribution in [2.45, 2.75) is 79.1 Å². The lowest BCUT2D eigenvalue weighted by atomic mass is 10.0. The topological polar surface area (TPSA) is 39.0 Å². The van der Waals surface area contributed by atoms with Crippen molar-refractivity contribution in [3.63, 3.8) is 0 Å². The summed E-state index contributed by atoms with van der Waals surface area (Å²) in [7, 11) is -6.00. The molecule has 0 aliphatic carbocycles. The molecule has 1 heterocycles. The van der Waals surface area contributed by atoms with Gasteiger partial charge >= 0.3 is 18.8 Å². The molecule has 0 saturated carbocycles.